The summed E-state index contributed by atoms with van der Waals surface area (Å²) in [6.07, 6.45) is 2.45. The van der Waals surface area contributed by atoms with Gasteiger partial charge in [0.1, 0.15) is 22.8 Å². The van der Waals surface area contributed by atoms with Crippen LogP contribution in [0.4, 0.5) is 5.82 Å². The summed E-state index contributed by atoms with van der Waals surface area (Å²) in [5.41, 5.74) is 5.53. The fraction of sp³-hybridized carbons (Fsp3) is 0.368. The van der Waals surface area contributed by atoms with Crippen LogP contribution in [0.25, 0.3) is 11.2 Å². The second-order valence-corrected chi connectivity index (χ2v) is 13.1. The number of carboxylic acids is 1. The second kappa shape index (κ2) is 14.1. The van der Waals surface area contributed by atoms with Crippen molar-refractivity contribution in [2.45, 2.75) is 64.8 Å². The minimum absolute atomic E-state index is 0.207. The minimum atomic E-state index is -0.956. The van der Waals surface area contributed by atoms with Crippen molar-refractivity contribution in [3.63, 3.8) is 0 Å². The number of aromatic amines is 1. The largest absolute Gasteiger partial charge is 0.497 e. The van der Waals surface area contributed by atoms with E-state index in [1.54, 1.807) is 18.8 Å². The molecule has 2 aliphatic rings. The first-order valence-electron chi connectivity index (χ1n) is 17.0. The molecule has 260 valence electrons. The van der Waals surface area contributed by atoms with E-state index in [9.17, 15) is 14.7 Å². The lowest BCUT2D eigenvalue weighted by atomic mass is 9.92. The monoisotopic (exact) mass is 679 g/mol. The molecule has 0 radical (unpaired) electrons. The number of rotatable bonds is 8. The fourth-order valence-corrected chi connectivity index (χ4v) is 6.73. The summed E-state index contributed by atoms with van der Waals surface area (Å²) in [4.78, 5) is 40.5. The Balaban J connectivity index is 1.34. The predicted molar refractivity (Wildman–Crippen MR) is 188 cm³/mol. The molecule has 4 bridgehead atoms. The quantitative estimate of drug-likeness (QED) is 0.215. The number of carbonyl (C=O) groups is 1. The molecule has 2 aliphatic heterocycles. The summed E-state index contributed by atoms with van der Waals surface area (Å²) in [5.74, 6) is 2.09. The number of aromatic nitrogens is 4. The number of hydrogen-bond donors (Lipinski definition) is 2. The Kier molecular flexibility index (Phi) is 9.34. The van der Waals surface area contributed by atoms with E-state index in [2.05, 4.69) is 16.8 Å². The number of benzene rings is 3. The van der Waals surface area contributed by atoms with Crippen molar-refractivity contribution in [1.82, 2.24) is 19.5 Å². The smallest absolute Gasteiger partial charge is 0.344 e. The standard InChI is InChI=1S/C38H41N5O7/c1-23-4-9-27-18-26(19-28-10-15-31(36(44)45)50-33(27)28)22-43-35-32(39-38(43)46)34(40-37(41-35)49-17-16-23)42(20-24-5-11-29(47-2)12-6-24)21-25-7-13-30(48-3)14-8-25/h5-8,11-14,18-19,23,31H,4,9-10,15-17,20-22H2,1-3H3,(H,39,46)(H,44,45). The molecular formula is C38H41N5O7. The van der Waals surface area contributed by atoms with Gasteiger partial charge in [0.25, 0.3) is 0 Å². The molecule has 0 aliphatic carbocycles. The van der Waals surface area contributed by atoms with Crippen molar-refractivity contribution in [1.29, 1.82) is 0 Å². The van der Waals surface area contributed by atoms with Crippen molar-refractivity contribution in [2.75, 3.05) is 25.7 Å². The van der Waals surface area contributed by atoms with Crippen LogP contribution in [0.2, 0.25) is 0 Å². The molecule has 0 amide bonds. The van der Waals surface area contributed by atoms with Crippen LogP contribution in [-0.4, -0.2) is 57.5 Å². The number of nitrogens with zero attached hydrogens (tertiary/aromatic N) is 4. The van der Waals surface area contributed by atoms with E-state index in [0.29, 0.717) is 61.2 Å². The average Bonchev–Trinajstić information content (AvgIpc) is 3.44. The van der Waals surface area contributed by atoms with Crippen LogP contribution in [0.3, 0.4) is 0 Å². The third-order valence-electron chi connectivity index (χ3n) is 9.55. The zero-order valence-corrected chi connectivity index (χ0v) is 28.5. The van der Waals surface area contributed by atoms with Crippen LogP contribution in [0.5, 0.6) is 23.3 Å². The first kappa shape index (κ1) is 33.0. The van der Waals surface area contributed by atoms with Gasteiger partial charge < -0.3 is 33.9 Å². The van der Waals surface area contributed by atoms with Gasteiger partial charge in [-0.1, -0.05) is 43.3 Å². The number of carboxylic acid groups (broad SMARTS) is 1. The molecule has 2 unspecified atom stereocenters. The maximum atomic E-state index is 13.8. The van der Waals surface area contributed by atoms with Gasteiger partial charge in [-0.05, 0) is 90.1 Å². The van der Waals surface area contributed by atoms with E-state index >= 15 is 0 Å². The van der Waals surface area contributed by atoms with Crippen LogP contribution in [0.15, 0.2) is 65.5 Å². The number of imidazole rings is 1. The Bertz CT molecular complexity index is 2010. The van der Waals surface area contributed by atoms with Crippen LogP contribution in [0.1, 0.15) is 54.0 Å². The van der Waals surface area contributed by atoms with Crippen LogP contribution in [-0.2, 0) is 37.3 Å². The lowest BCUT2D eigenvalue weighted by molar-refractivity contribution is -0.145. The SMILES string of the molecule is COc1ccc(CN(Cc2ccc(OC)cc2)c2nc3nc4c2[nH]c(=O)n4Cc2cc(c4c(c2)CCC(C(=O)O)O4)CCC(C)CCO3)cc1. The van der Waals surface area contributed by atoms with Gasteiger partial charge in [-0.2, -0.15) is 9.97 Å². The Hall–Kier alpha value is -5.52. The molecule has 2 N–H and O–H groups in total. The highest BCUT2D eigenvalue weighted by Crippen LogP contribution is 2.36. The summed E-state index contributed by atoms with van der Waals surface area (Å²) >= 11 is 0. The highest BCUT2D eigenvalue weighted by Gasteiger charge is 2.29. The number of ether oxygens (including phenoxy) is 4. The molecule has 12 heteroatoms. The number of H-pyrrole nitrogens is 1. The van der Waals surface area contributed by atoms with Gasteiger partial charge in [0.2, 0.25) is 0 Å². The fourth-order valence-electron chi connectivity index (χ4n) is 6.73. The molecular weight excluding hydrogens is 638 g/mol. The van der Waals surface area contributed by atoms with Crippen LogP contribution >= 0.6 is 0 Å². The Morgan fingerprint density at radius 2 is 1.56 bits per heavy atom. The normalized spacial score (nSPS) is 17.3. The van der Waals surface area contributed by atoms with Crippen molar-refractivity contribution in [3.05, 3.63) is 99.0 Å². The summed E-state index contributed by atoms with van der Waals surface area (Å²) in [7, 11) is 3.28. The highest BCUT2D eigenvalue weighted by molar-refractivity contribution is 5.84. The van der Waals surface area contributed by atoms with E-state index < -0.39 is 12.1 Å². The molecule has 2 aromatic heterocycles. The van der Waals surface area contributed by atoms with Gasteiger partial charge in [-0.25, -0.2) is 9.59 Å². The van der Waals surface area contributed by atoms with E-state index in [4.69, 9.17) is 28.9 Å². The van der Waals surface area contributed by atoms with Gasteiger partial charge in [-0.15, -0.1) is 0 Å². The second-order valence-electron chi connectivity index (χ2n) is 13.1. The summed E-state index contributed by atoms with van der Waals surface area (Å²) < 4.78 is 24.7. The molecule has 7 rings (SSSR count). The lowest BCUT2D eigenvalue weighted by Crippen LogP contribution is -2.31. The zero-order chi connectivity index (χ0) is 34.8. The molecule has 0 saturated heterocycles. The van der Waals surface area contributed by atoms with Crippen molar-refractivity contribution in [3.8, 4) is 23.3 Å². The van der Waals surface area contributed by atoms with Gasteiger partial charge in [0.15, 0.2) is 17.6 Å². The van der Waals surface area contributed by atoms with Gasteiger partial charge in [0, 0.05) is 13.1 Å². The molecule has 2 atom stereocenters. The molecule has 3 aromatic carbocycles. The Morgan fingerprint density at radius 3 is 2.16 bits per heavy atom. The van der Waals surface area contributed by atoms with Gasteiger partial charge in [-0.3, -0.25) is 4.57 Å². The molecule has 4 heterocycles. The summed E-state index contributed by atoms with van der Waals surface area (Å²) in [5, 5.41) is 9.67. The number of aryl methyl sites for hydroxylation is 2. The van der Waals surface area contributed by atoms with E-state index in [1.165, 1.54) is 0 Å². The topological polar surface area (TPSA) is 141 Å². The maximum absolute atomic E-state index is 13.8. The van der Waals surface area contributed by atoms with Gasteiger partial charge >= 0.3 is 17.7 Å². The van der Waals surface area contributed by atoms with Crippen molar-refractivity contribution >= 4 is 23.0 Å². The maximum Gasteiger partial charge on any atom is 0.344 e. The zero-order valence-electron chi connectivity index (χ0n) is 28.5. The lowest BCUT2D eigenvalue weighted by Gasteiger charge is -2.27. The highest BCUT2D eigenvalue weighted by atomic mass is 16.5. The molecule has 5 aromatic rings. The predicted octanol–water partition coefficient (Wildman–Crippen LogP) is 5.52. The van der Waals surface area contributed by atoms with E-state index in [1.807, 2.05) is 60.7 Å². The van der Waals surface area contributed by atoms with E-state index in [-0.39, 0.29) is 18.2 Å². The molecule has 0 spiro atoms. The number of aliphatic carboxylic acids is 1. The first-order valence-corrected chi connectivity index (χ1v) is 17.0. The van der Waals surface area contributed by atoms with Gasteiger partial charge in [0.05, 0.1) is 27.4 Å². The molecule has 50 heavy (non-hydrogen) atoms. The van der Waals surface area contributed by atoms with Crippen molar-refractivity contribution in [2.24, 2.45) is 5.92 Å². The number of hydrogen-bond acceptors (Lipinski definition) is 9. The third-order valence-corrected chi connectivity index (χ3v) is 9.55. The Labute approximate surface area is 289 Å². The molecule has 0 saturated carbocycles. The number of nitrogens with one attached hydrogen (secondary N) is 1. The molecule has 12 nitrogen and oxygen atoms in total. The summed E-state index contributed by atoms with van der Waals surface area (Å²) in [6.45, 7) is 3.79. The number of fused-ring (bicyclic) bond motifs is 5. The number of methoxy groups -OCH3 is 2. The first-order chi connectivity index (χ1) is 24.3. The van der Waals surface area contributed by atoms with Crippen LogP contribution in [0, 0.1) is 5.92 Å². The van der Waals surface area contributed by atoms with E-state index in [0.717, 1.165) is 58.6 Å². The number of anilines is 1. The average molecular weight is 680 g/mol. The minimum Gasteiger partial charge on any atom is -0.497 e. The molecule has 0 fully saturated rings. The Morgan fingerprint density at radius 1 is 0.940 bits per heavy atom. The third kappa shape index (κ3) is 6.96. The summed E-state index contributed by atoms with van der Waals surface area (Å²) in [6, 6.07) is 20.0. The van der Waals surface area contributed by atoms with Crippen molar-refractivity contribution < 1.29 is 28.8 Å². The van der Waals surface area contributed by atoms with Crippen LogP contribution < -0.4 is 29.5 Å².